The van der Waals surface area contributed by atoms with Gasteiger partial charge in [0.05, 0.1) is 11.4 Å². The Morgan fingerprint density at radius 3 is 1.93 bits per heavy atom. The molecule has 2 heterocycles. The van der Waals surface area contributed by atoms with E-state index in [0.717, 1.165) is 16.0 Å². The van der Waals surface area contributed by atoms with Crippen LogP contribution in [-0.4, -0.2) is 23.6 Å². The quantitative estimate of drug-likeness (QED) is 0.785. The van der Waals surface area contributed by atoms with E-state index in [9.17, 15) is 19.2 Å². The van der Waals surface area contributed by atoms with E-state index in [1.54, 1.807) is 18.2 Å². The van der Waals surface area contributed by atoms with E-state index in [-0.39, 0.29) is 36.5 Å². The second-order valence-corrected chi connectivity index (χ2v) is 6.48. The lowest BCUT2D eigenvalue weighted by Crippen LogP contribution is -2.29. The normalized spacial score (nSPS) is 16.7. The first-order chi connectivity index (χ1) is 13.0. The van der Waals surface area contributed by atoms with Crippen LogP contribution in [0.4, 0.5) is 11.4 Å². The van der Waals surface area contributed by atoms with Crippen LogP contribution >= 0.6 is 0 Å². The predicted octanol–water partition coefficient (Wildman–Crippen LogP) is 2.36. The van der Waals surface area contributed by atoms with Gasteiger partial charge in [0, 0.05) is 25.0 Å². The van der Waals surface area contributed by atoms with Crippen LogP contribution in [0.3, 0.4) is 0 Å². The van der Waals surface area contributed by atoms with Crippen molar-refractivity contribution in [3.05, 3.63) is 71.8 Å². The number of hydrogen-bond donors (Lipinski definition) is 0. The van der Waals surface area contributed by atoms with Crippen molar-refractivity contribution in [1.29, 1.82) is 0 Å². The van der Waals surface area contributed by atoms with Crippen molar-refractivity contribution in [2.45, 2.75) is 19.3 Å². The van der Waals surface area contributed by atoms with Gasteiger partial charge in [0.25, 0.3) is 11.8 Å². The van der Waals surface area contributed by atoms with E-state index in [1.807, 2.05) is 30.3 Å². The Labute approximate surface area is 155 Å². The van der Waals surface area contributed by atoms with E-state index in [4.69, 9.17) is 0 Å². The van der Waals surface area contributed by atoms with Crippen molar-refractivity contribution in [2.75, 3.05) is 9.80 Å². The van der Waals surface area contributed by atoms with Gasteiger partial charge >= 0.3 is 0 Å². The number of carbonyl (C=O) groups is 4. The van der Waals surface area contributed by atoms with E-state index < -0.39 is 0 Å². The smallest absolute Gasteiger partial charge is 0.258 e. The van der Waals surface area contributed by atoms with Gasteiger partial charge in [-0.2, -0.15) is 0 Å². The summed E-state index contributed by atoms with van der Waals surface area (Å²) in [5.41, 5.74) is 3.07. The largest absolute Gasteiger partial charge is 0.274 e. The Morgan fingerprint density at radius 2 is 1.30 bits per heavy atom. The van der Waals surface area contributed by atoms with Gasteiger partial charge in [-0.1, -0.05) is 24.3 Å². The molecule has 4 rings (SSSR count). The van der Waals surface area contributed by atoms with Crippen molar-refractivity contribution < 1.29 is 19.2 Å². The Balaban J connectivity index is 1.52. The van der Waals surface area contributed by atoms with E-state index in [2.05, 4.69) is 0 Å². The zero-order chi connectivity index (χ0) is 19.0. The molecule has 2 aliphatic rings. The van der Waals surface area contributed by atoms with Crippen molar-refractivity contribution in [2.24, 2.45) is 0 Å². The van der Waals surface area contributed by atoms with Gasteiger partial charge in [-0.25, -0.2) is 4.90 Å². The Kier molecular flexibility index (Phi) is 4.16. The van der Waals surface area contributed by atoms with Gasteiger partial charge in [0.1, 0.15) is 0 Å². The van der Waals surface area contributed by atoms with Crippen LogP contribution in [0, 0.1) is 0 Å². The lowest BCUT2D eigenvalue weighted by Gasteiger charge is -2.16. The van der Waals surface area contributed by atoms with E-state index >= 15 is 0 Å². The summed E-state index contributed by atoms with van der Waals surface area (Å²) >= 11 is 0. The molecule has 27 heavy (non-hydrogen) atoms. The summed E-state index contributed by atoms with van der Waals surface area (Å²) in [6, 6.07) is 14.5. The third kappa shape index (κ3) is 3.17. The summed E-state index contributed by atoms with van der Waals surface area (Å²) in [7, 11) is 0. The van der Waals surface area contributed by atoms with Crippen LogP contribution < -0.4 is 9.80 Å². The molecule has 0 aliphatic carbocycles. The Hall–Kier alpha value is -3.54. The highest BCUT2D eigenvalue weighted by Gasteiger charge is 2.30. The molecular formula is C21H16N2O4. The number of benzene rings is 2. The highest BCUT2D eigenvalue weighted by Crippen LogP contribution is 2.25. The molecule has 134 valence electrons. The number of rotatable bonds is 4. The lowest BCUT2D eigenvalue weighted by molar-refractivity contribution is -0.122. The van der Waals surface area contributed by atoms with Gasteiger partial charge in [-0.05, 0) is 41.8 Å². The monoisotopic (exact) mass is 360 g/mol. The van der Waals surface area contributed by atoms with Gasteiger partial charge in [0.2, 0.25) is 11.8 Å². The summed E-state index contributed by atoms with van der Waals surface area (Å²) in [5, 5.41) is 0. The molecule has 0 spiro atoms. The molecule has 0 saturated carbocycles. The fourth-order valence-electron chi connectivity index (χ4n) is 3.32. The van der Waals surface area contributed by atoms with Gasteiger partial charge < -0.3 is 0 Å². The van der Waals surface area contributed by atoms with Crippen LogP contribution in [0.15, 0.2) is 60.7 Å². The molecule has 6 heteroatoms. The maximum absolute atomic E-state index is 11.9. The van der Waals surface area contributed by atoms with Gasteiger partial charge in [-0.3, -0.25) is 24.1 Å². The summed E-state index contributed by atoms with van der Waals surface area (Å²) in [6.07, 6.45) is 3.62. The molecule has 0 aromatic heterocycles. The number of anilines is 2. The molecular weight excluding hydrogens is 344 g/mol. The van der Waals surface area contributed by atoms with Crippen LogP contribution in [0.25, 0.3) is 0 Å². The first-order valence-electron chi connectivity index (χ1n) is 8.63. The molecule has 2 aromatic rings. The highest BCUT2D eigenvalue weighted by atomic mass is 16.2. The third-order valence-corrected chi connectivity index (χ3v) is 4.63. The summed E-state index contributed by atoms with van der Waals surface area (Å²) < 4.78 is 0. The van der Waals surface area contributed by atoms with Crippen molar-refractivity contribution in [3.63, 3.8) is 0 Å². The van der Waals surface area contributed by atoms with Gasteiger partial charge in [0.15, 0.2) is 0 Å². The molecule has 0 N–H and O–H groups in total. The molecule has 1 fully saturated rings. The fourth-order valence-corrected chi connectivity index (χ4v) is 3.32. The first kappa shape index (κ1) is 16.9. The van der Waals surface area contributed by atoms with E-state index in [1.165, 1.54) is 17.1 Å². The second kappa shape index (κ2) is 6.64. The molecule has 0 bridgehead atoms. The van der Waals surface area contributed by atoms with Crippen molar-refractivity contribution in [3.8, 4) is 0 Å². The maximum Gasteiger partial charge on any atom is 0.258 e. The predicted molar refractivity (Wildman–Crippen MR) is 99.1 cm³/mol. The number of nitrogens with zero attached hydrogens (tertiary/aromatic N) is 2. The number of amides is 4. The average molecular weight is 360 g/mol. The Morgan fingerprint density at radius 1 is 0.667 bits per heavy atom. The number of imide groups is 2. The summed E-state index contributed by atoms with van der Waals surface area (Å²) in [5.74, 6) is -1.04. The minimum atomic E-state index is -0.347. The molecule has 4 amide bonds. The van der Waals surface area contributed by atoms with Crippen LogP contribution in [0.5, 0.6) is 0 Å². The average Bonchev–Trinajstić information content (AvgIpc) is 3.17. The molecule has 2 aliphatic heterocycles. The van der Waals surface area contributed by atoms with Gasteiger partial charge in [-0.15, -0.1) is 0 Å². The zero-order valence-corrected chi connectivity index (χ0v) is 14.4. The molecule has 0 radical (unpaired) electrons. The van der Waals surface area contributed by atoms with Crippen LogP contribution in [0.2, 0.25) is 0 Å². The lowest BCUT2D eigenvalue weighted by atomic mass is 10.0. The number of hydrogen-bond acceptors (Lipinski definition) is 4. The highest BCUT2D eigenvalue weighted by molar-refractivity contribution is 6.28. The summed E-state index contributed by atoms with van der Waals surface area (Å²) in [4.78, 5) is 49.7. The standard InChI is InChI=1S/C21H16N2O4/c24-18-8-9-19(25)22(18)16-6-4-14(5-7-16)12-15-2-1-3-17(13-15)23-20(26)10-11-21(23)27/h1-9,13H,10-12H2. The van der Waals surface area contributed by atoms with Crippen LogP contribution in [0.1, 0.15) is 24.0 Å². The second-order valence-electron chi connectivity index (χ2n) is 6.48. The number of carbonyl (C=O) groups excluding carboxylic acids is 4. The molecule has 0 unspecified atom stereocenters. The minimum absolute atomic E-state index is 0.171. The van der Waals surface area contributed by atoms with Crippen molar-refractivity contribution >= 4 is 35.0 Å². The topological polar surface area (TPSA) is 74.8 Å². The van der Waals surface area contributed by atoms with Crippen molar-refractivity contribution in [1.82, 2.24) is 0 Å². The maximum atomic E-state index is 11.9. The SMILES string of the molecule is O=C1C=CC(=O)N1c1ccc(Cc2cccc(N3C(=O)CCC3=O)c2)cc1. The molecule has 0 atom stereocenters. The summed E-state index contributed by atoms with van der Waals surface area (Å²) in [6.45, 7) is 0. The molecule has 6 nitrogen and oxygen atoms in total. The zero-order valence-electron chi connectivity index (χ0n) is 14.4. The minimum Gasteiger partial charge on any atom is -0.274 e. The first-order valence-corrected chi connectivity index (χ1v) is 8.63. The third-order valence-electron chi connectivity index (χ3n) is 4.63. The molecule has 1 saturated heterocycles. The fraction of sp³-hybridized carbons (Fsp3) is 0.143. The van der Waals surface area contributed by atoms with E-state index in [0.29, 0.717) is 17.8 Å². The molecule has 2 aromatic carbocycles. The van der Waals surface area contributed by atoms with Crippen LogP contribution in [-0.2, 0) is 25.6 Å². The Bertz CT molecular complexity index is 957.